The SMILES string of the molecule is CN1CCC(CCNC(=O)OC(C)(C)C)C1. The number of carbonyl (C=O) groups is 1. The first-order valence-corrected chi connectivity index (χ1v) is 6.02. The van der Waals surface area contributed by atoms with Crippen molar-refractivity contribution in [2.24, 2.45) is 5.92 Å². The summed E-state index contributed by atoms with van der Waals surface area (Å²) in [4.78, 5) is 13.7. The highest BCUT2D eigenvalue weighted by molar-refractivity contribution is 5.67. The van der Waals surface area contributed by atoms with Gasteiger partial charge in [0, 0.05) is 13.1 Å². The second kappa shape index (κ2) is 5.53. The smallest absolute Gasteiger partial charge is 0.407 e. The lowest BCUT2D eigenvalue weighted by molar-refractivity contribution is 0.0525. The van der Waals surface area contributed by atoms with Crippen molar-refractivity contribution in [1.82, 2.24) is 10.2 Å². The summed E-state index contributed by atoms with van der Waals surface area (Å²) < 4.78 is 5.16. The lowest BCUT2D eigenvalue weighted by atomic mass is 10.1. The highest BCUT2D eigenvalue weighted by Crippen LogP contribution is 2.17. The van der Waals surface area contributed by atoms with E-state index in [4.69, 9.17) is 4.74 Å². The van der Waals surface area contributed by atoms with Gasteiger partial charge in [0.2, 0.25) is 0 Å². The van der Waals surface area contributed by atoms with Gasteiger partial charge in [-0.2, -0.15) is 0 Å². The number of nitrogens with one attached hydrogen (secondary N) is 1. The Kier molecular flexibility index (Phi) is 4.59. The first-order valence-electron chi connectivity index (χ1n) is 6.02. The Balaban J connectivity index is 2.09. The molecule has 1 saturated heterocycles. The van der Waals surface area contributed by atoms with Gasteiger partial charge in [-0.3, -0.25) is 0 Å². The largest absolute Gasteiger partial charge is 0.444 e. The number of ether oxygens (including phenoxy) is 1. The molecule has 1 unspecified atom stereocenters. The van der Waals surface area contributed by atoms with Crippen LogP contribution in [0.2, 0.25) is 0 Å². The average molecular weight is 228 g/mol. The number of hydrogen-bond donors (Lipinski definition) is 1. The number of amides is 1. The summed E-state index contributed by atoms with van der Waals surface area (Å²) in [6, 6.07) is 0. The molecular formula is C12H24N2O2. The fourth-order valence-corrected chi connectivity index (χ4v) is 1.95. The zero-order valence-electron chi connectivity index (χ0n) is 10.9. The van der Waals surface area contributed by atoms with Gasteiger partial charge < -0.3 is 15.0 Å². The van der Waals surface area contributed by atoms with Crippen LogP contribution in [0.3, 0.4) is 0 Å². The molecule has 4 nitrogen and oxygen atoms in total. The van der Waals surface area contributed by atoms with Gasteiger partial charge in [-0.25, -0.2) is 4.79 Å². The fourth-order valence-electron chi connectivity index (χ4n) is 1.95. The third kappa shape index (κ3) is 5.35. The van der Waals surface area contributed by atoms with E-state index in [1.165, 1.54) is 13.0 Å². The quantitative estimate of drug-likeness (QED) is 0.801. The zero-order valence-corrected chi connectivity index (χ0v) is 10.9. The maximum absolute atomic E-state index is 11.4. The molecule has 1 atom stereocenters. The maximum Gasteiger partial charge on any atom is 0.407 e. The van der Waals surface area contributed by atoms with Crippen LogP contribution in [0.1, 0.15) is 33.6 Å². The van der Waals surface area contributed by atoms with E-state index in [0.717, 1.165) is 18.9 Å². The van der Waals surface area contributed by atoms with Crippen molar-refractivity contribution in [1.29, 1.82) is 0 Å². The van der Waals surface area contributed by atoms with Crippen molar-refractivity contribution in [2.45, 2.75) is 39.2 Å². The molecule has 1 amide bonds. The van der Waals surface area contributed by atoms with Crippen LogP contribution in [0.4, 0.5) is 4.79 Å². The molecule has 0 aromatic carbocycles. The van der Waals surface area contributed by atoms with Gasteiger partial charge >= 0.3 is 6.09 Å². The molecule has 0 saturated carbocycles. The molecule has 0 aromatic rings. The molecule has 0 bridgehead atoms. The van der Waals surface area contributed by atoms with Crippen molar-refractivity contribution >= 4 is 6.09 Å². The van der Waals surface area contributed by atoms with Gasteiger partial charge in [0.25, 0.3) is 0 Å². The van der Waals surface area contributed by atoms with Crippen molar-refractivity contribution in [3.05, 3.63) is 0 Å². The minimum absolute atomic E-state index is 0.307. The van der Waals surface area contributed by atoms with Crippen LogP contribution in [0, 0.1) is 5.92 Å². The lowest BCUT2D eigenvalue weighted by Crippen LogP contribution is -2.33. The molecule has 1 aliphatic heterocycles. The Morgan fingerprint density at radius 2 is 2.19 bits per heavy atom. The molecule has 16 heavy (non-hydrogen) atoms. The van der Waals surface area contributed by atoms with E-state index in [1.54, 1.807) is 0 Å². The highest BCUT2D eigenvalue weighted by Gasteiger charge is 2.20. The predicted molar refractivity (Wildman–Crippen MR) is 64.5 cm³/mol. The van der Waals surface area contributed by atoms with Gasteiger partial charge in [0.1, 0.15) is 5.60 Å². The second-order valence-electron chi connectivity index (χ2n) is 5.63. The Morgan fingerprint density at radius 1 is 1.50 bits per heavy atom. The molecule has 0 spiro atoms. The second-order valence-corrected chi connectivity index (χ2v) is 5.63. The molecule has 0 aromatic heterocycles. The number of carbonyl (C=O) groups excluding carboxylic acids is 1. The molecule has 4 heteroatoms. The Hall–Kier alpha value is -0.770. The average Bonchev–Trinajstić information content (AvgIpc) is 2.48. The first-order chi connectivity index (χ1) is 7.37. The van der Waals surface area contributed by atoms with Crippen LogP contribution in [-0.2, 0) is 4.74 Å². The molecular weight excluding hydrogens is 204 g/mol. The van der Waals surface area contributed by atoms with Gasteiger partial charge in [-0.1, -0.05) is 0 Å². The monoisotopic (exact) mass is 228 g/mol. The van der Waals surface area contributed by atoms with Crippen molar-refractivity contribution in [3.8, 4) is 0 Å². The minimum Gasteiger partial charge on any atom is -0.444 e. The molecule has 0 aliphatic carbocycles. The summed E-state index contributed by atoms with van der Waals surface area (Å²) in [7, 11) is 2.14. The van der Waals surface area contributed by atoms with E-state index in [1.807, 2.05) is 20.8 Å². The zero-order chi connectivity index (χ0) is 12.2. The predicted octanol–water partition coefficient (Wildman–Crippen LogP) is 1.85. The van der Waals surface area contributed by atoms with Gasteiger partial charge in [0.15, 0.2) is 0 Å². The fraction of sp³-hybridized carbons (Fsp3) is 0.917. The van der Waals surface area contributed by atoms with Crippen molar-refractivity contribution in [2.75, 3.05) is 26.7 Å². The highest BCUT2D eigenvalue weighted by atomic mass is 16.6. The summed E-state index contributed by atoms with van der Waals surface area (Å²) in [5.41, 5.74) is -0.405. The van der Waals surface area contributed by atoms with Crippen LogP contribution in [0.25, 0.3) is 0 Å². The van der Waals surface area contributed by atoms with E-state index in [2.05, 4.69) is 17.3 Å². The number of rotatable bonds is 3. The summed E-state index contributed by atoms with van der Waals surface area (Å²) in [5, 5.41) is 2.80. The molecule has 1 fully saturated rings. The van der Waals surface area contributed by atoms with Crippen LogP contribution in [0.15, 0.2) is 0 Å². The summed E-state index contributed by atoms with van der Waals surface area (Å²) in [6.07, 6.45) is 1.98. The molecule has 1 heterocycles. The summed E-state index contributed by atoms with van der Waals surface area (Å²) >= 11 is 0. The van der Waals surface area contributed by atoms with Crippen LogP contribution in [-0.4, -0.2) is 43.3 Å². The maximum atomic E-state index is 11.4. The number of nitrogens with zero attached hydrogens (tertiary/aromatic N) is 1. The van der Waals surface area contributed by atoms with Crippen LogP contribution >= 0.6 is 0 Å². The van der Waals surface area contributed by atoms with Crippen molar-refractivity contribution in [3.63, 3.8) is 0 Å². The van der Waals surface area contributed by atoms with Crippen LogP contribution in [0.5, 0.6) is 0 Å². The van der Waals surface area contributed by atoms with E-state index in [9.17, 15) is 4.79 Å². The minimum atomic E-state index is -0.405. The molecule has 0 radical (unpaired) electrons. The molecule has 1 aliphatic rings. The van der Waals surface area contributed by atoms with Gasteiger partial charge in [-0.05, 0) is 53.1 Å². The van der Waals surface area contributed by atoms with Crippen LogP contribution < -0.4 is 5.32 Å². The molecule has 1 N–H and O–H groups in total. The van der Waals surface area contributed by atoms with Gasteiger partial charge in [0.05, 0.1) is 0 Å². The number of alkyl carbamates (subject to hydrolysis) is 1. The Labute approximate surface area is 98.3 Å². The number of hydrogen-bond acceptors (Lipinski definition) is 3. The summed E-state index contributed by atoms with van der Waals surface area (Å²) in [6.45, 7) is 8.66. The molecule has 1 rings (SSSR count). The standard InChI is InChI=1S/C12H24N2O2/c1-12(2,3)16-11(15)13-7-5-10-6-8-14(4)9-10/h10H,5-9H2,1-4H3,(H,13,15). The van der Waals surface area contributed by atoms with E-state index in [0.29, 0.717) is 6.54 Å². The molecule has 94 valence electrons. The van der Waals surface area contributed by atoms with E-state index >= 15 is 0 Å². The Morgan fingerprint density at radius 3 is 2.69 bits per heavy atom. The normalized spacial score (nSPS) is 22.1. The summed E-state index contributed by atoms with van der Waals surface area (Å²) in [5.74, 6) is 0.722. The third-order valence-corrected chi connectivity index (χ3v) is 2.71. The topological polar surface area (TPSA) is 41.6 Å². The van der Waals surface area contributed by atoms with Gasteiger partial charge in [-0.15, -0.1) is 0 Å². The van der Waals surface area contributed by atoms with E-state index in [-0.39, 0.29) is 6.09 Å². The number of likely N-dealkylation sites (tertiary alicyclic amines) is 1. The van der Waals surface area contributed by atoms with E-state index < -0.39 is 5.60 Å². The lowest BCUT2D eigenvalue weighted by Gasteiger charge is -2.20. The van der Waals surface area contributed by atoms with Crippen molar-refractivity contribution < 1.29 is 9.53 Å². The first kappa shape index (κ1) is 13.3. The third-order valence-electron chi connectivity index (χ3n) is 2.71. The Bertz CT molecular complexity index is 236.